The van der Waals surface area contributed by atoms with Gasteiger partial charge in [0.05, 0.1) is 12.7 Å². The zero-order valence-corrected chi connectivity index (χ0v) is 10.9. The van der Waals surface area contributed by atoms with Crippen LogP contribution in [0.1, 0.15) is 26.7 Å². The molecule has 0 aliphatic carbocycles. The summed E-state index contributed by atoms with van der Waals surface area (Å²) in [7, 11) is 0. The van der Waals surface area contributed by atoms with Crippen molar-refractivity contribution in [1.82, 2.24) is 5.32 Å². The summed E-state index contributed by atoms with van der Waals surface area (Å²) in [6.07, 6.45) is 3.54. The molecule has 1 saturated heterocycles. The van der Waals surface area contributed by atoms with Crippen LogP contribution in [0, 0.1) is 0 Å². The van der Waals surface area contributed by atoms with Crippen LogP contribution in [-0.2, 0) is 9.53 Å². The topological polar surface area (TPSA) is 58.6 Å². The number of carbonyl (C=O) groups excluding carboxylic acids is 1. The van der Waals surface area contributed by atoms with Crippen molar-refractivity contribution in [1.29, 1.82) is 0 Å². The molecule has 0 radical (unpaired) electrons. The maximum atomic E-state index is 11.8. The van der Waals surface area contributed by atoms with E-state index in [9.17, 15) is 4.79 Å². The second-order valence-electron chi connectivity index (χ2n) is 4.27. The normalized spacial score (nSPS) is 28.8. The number of carbonyl (C=O) groups is 1. The van der Waals surface area contributed by atoms with E-state index in [0.717, 1.165) is 12.8 Å². The maximum absolute atomic E-state index is 11.8. The van der Waals surface area contributed by atoms with Gasteiger partial charge in [-0.3, -0.25) is 4.79 Å². The van der Waals surface area contributed by atoms with Crippen LogP contribution in [0.15, 0.2) is 0 Å². The van der Waals surface area contributed by atoms with Crippen LogP contribution in [0.5, 0.6) is 0 Å². The first kappa shape index (κ1) is 13.8. The van der Waals surface area contributed by atoms with E-state index in [4.69, 9.17) is 9.84 Å². The standard InChI is InChI=1S/C11H21NO3S/c1-7-4-5-9(15-7)11(14)12-8(2)10(6-13)16-3/h7-10,13H,4-6H2,1-3H3,(H,12,14). The maximum Gasteiger partial charge on any atom is 0.249 e. The minimum absolute atomic E-state index is 0.0352. The van der Waals surface area contributed by atoms with Crippen molar-refractivity contribution in [3.63, 3.8) is 0 Å². The highest BCUT2D eigenvalue weighted by Gasteiger charge is 2.29. The molecule has 0 aromatic heterocycles. The molecule has 2 N–H and O–H groups in total. The van der Waals surface area contributed by atoms with E-state index >= 15 is 0 Å². The smallest absolute Gasteiger partial charge is 0.249 e. The molecule has 1 aliphatic heterocycles. The summed E-state index contributed by atoms with van der Waals surface area (Å²) >= 11 is 1.56. The van der Waals surface area contributed by atoms with Gasteiger partial charge in [0.1, 0.15) is 6.10 Å². The van der Waals surface area contributed by atoms with Crippen LogP contribution in [0.4, 0.5) is 0 Å². The number of amides is 1. The van der Waals surface area contributed by atoms with Crippen molar-refractivity contribution in [2.24, 2.45) is 0 Å². The lowest BCUT2D eigenvalue weighted by Crippen LogP contribution is -2.45. The minimum atomic E-state index is -0.307. The molecule has 0 aromatic rings. The zero-order chi connectivity index (χ0) is 12.1. The molecule has 4 atom stereocenters. The average Bonchev–Trinajstić information content (AvgIpc) is 2.66. The summed E-state index contributed by atoms with van der Waals surface area (Å²) in [6.45, 7) is 3.97. The number of hydrogen-bond donors (Lipinski definition) is 2. The summed E-state index contributed by atoms with van der Waals surface area (Å²) in [5.74, 6) is -0.0515. The molecule has 0 aromatic carbocycles. The molecule has 0 saturated carbocycles. The molecule has 1 aliphatic rings. The molecule has 1 amide bonds. The monoisotopic (exact) mass is 247 g/mol. The van der Waals surface area contributed by atoms with Crippen LogP contribution < -0.4 is 5.32 Å². The first-order valence-electron chi connectivity index (χ1n) is 5.68. The molecule has 1 fully saturated rings. The summed E-state index contributed by atoms with van der Waals surface area (Å²) in [5.41, 5.74) is 0. The van der Waals surface area contributed by atoms with Crippen LogP contribution in [0.25, 0.3) is 0 Å². The van der Waals surface area contributed by atoms with Gasteiger partial charge in [0.15, 0.2) is 0 Å². The van der Waals surface area contributed by atoms with Crippen molar-refractivity contribution in [3.8, 4) is 0 Å². The van der Waals surface area contributed by atoms with Crippen LogP contribution in [-0.4, -0.2) is 47.4 Å². The van der Waals surface area contributed by atoms with Crippen molar-refractivity contribution in [3.05, 3.63) is 0 Å². The predicted molar refractivity (Wildman–Crippen MR) is 65.6 cm³/mol. The van der Waals surface area contributed by atoms with Crippen LogP contribution >= 0.6 is 11.8 Å². The van der Waals surface area contributed by atoms with Crippen molar-refractivity contribution >= 4 is 17.7 Å². The molecule has 0 bridgehead atoms. The molecular weight excluding hydrogens is 226 g/mol. The van der Waals surface area contributed by atoms with E-state index < -0.39 is 0 Å². The van der Waals surface area contributed by atoms with E-state index in [0.29, 0.717) is 0 Å². The highest BCUT2D eigenvalue weighted by molar-refractivity contribution is 7.99. The first-order valence-corrected chi connectivity index (χ1v) is 6.96. The number of thioether (sulfide) groups is 1. The van der Waals surface area contributed by atoms with Gasteiger partial charge in [-0.25, -0.2) is 0 Å². The van der Waals surface area contributed by atoms with Gasteiger partial charge in [-0.05, 0) is 32.9 Å². The van der Waals surface area contributed by atoms with E-state index in [1.807, 2.05) is 20.1 Å². The average molecular weight is 247 g/mol. The Morgan fingerprint density at radius 1 is 1.62 bits per heavy atom. The predicted octanol–water partition coefficient (Wildman–Crippen LogP) is 0.782. The summed E-state index contributed by atoms with van der Waals surface area (Å²) in [6, 6.07) is -0.0352. The molecule has 4 unspecified atom stereocenters. The molecule has 1 heterocycles. The fourth-order valence-corrected chi connectivity index (χ4v) is 2.47. The number of hydrogen-bond acceptors (Lipinski definition) is 4. The third-order valence-corrected chi connectivity index (χ3v) is 4.10. The second-order valence-corrected chi connectivity index (χ2v) is 5.34. The SMILES string of the molecule is CSC(CO)C(C)NC(=O)C1CCC(C)O1. The Bertz CT molecular complexity index is 233. The third-order valence-electron chi connectivity index (χ3n) is 2.93. The molecule has 5 heteroatoms. The summed E-state index contributed by atoms with van der Waals surface area (Å²) in [5, 5.41) is 12.1. The van der Waals surface area contributed by atoms with Gasteiger partial charge < -0.3 is 15.2 Å². The first-order chi connectivity index (χ1) is 7.58. The largest absolute Gasteiger partial charge is 0.395 e. The van der Waals surface area contributed by atoms with Gasteiger partial charge >= 0.3 is 0 Å². The van der Waals surface area contributed by atoms with Crippen LogP contribution in [0.3, 0.4) is 0 Å². The second kappa shape index (κ2) is 6.47. The Morgan fingerprint density at radius 2 is 2.31 bits per heavy atom. The highest BCUT2D eigenvalue weighted by atomic mass is 32.2. The van der Waals surface area contributed by atoms with Crippen molar-refractivity contribution in [2.75, 3.05) is 12.9 Å². The molecule has 4 nitrogen and oxygen atoms in total. The van der Waals surface area contributed by atoms with Gasteiger partial charge in [0.25, 0.3) is 0 Å². The van der Waals surface area contributed by atoms with Gasteiger partial charge in [-0.15, -0.1) is 0 Å². The quantitative estimate of drug-likeness (QED) is 0.754. The lowest BCUT2D eigenvalue weighted by Gasteiger charge is -2.23. The number of nitrogens with one attached hydrogen (secondary N) is 1. The van der Waals surface area contributed by atoms with E-state index in [-0.39, 0.29) is 36.0 Å². The summed E-state index contributed by atoms with van der Waals surface area (Å²) < 4.78 is 5.49. The lowest BCUT2D eigenvalue weighted by molar-refractivity contribution is -0.132. The summed E-state index contributed by atoms with van der Waals surface area (Å²) in [4.78, 5) is 11.8. The fraction of sp³-hybridized carbons (Fsp3) is 0.909. The Kier molecular flexibility index (Phi) is 5.58. The van der Waals surface area contributed by atoms with E-state index in [2.05, 4.69) is 5.32 Å². The lowest BCUT2D eigenvalue weighted by atomic mass is 10.1. The fourth-order valence-electron chi connectivity index (χ4n) is 1.84. The van der Waals surface area contributed by atoms with Gasteiger partial charge in [-0.2, -0.15) is 11.8 Å². The van der Waals surface area contributed by atoms with Crippen molar-refractivity contribution < 1.29 is 14.6 Å². The Balaban J connectivity index is 2.38. The Labute approximate surface area is 101 Å². The van der Waals surface area contributed by atoms with Gasteiger partial charge in [0, 0.05) is 11.3 Å². The zero-order valence-electron chi connectivity index (χ0n) is 10.1. The number of ether oxygens (including phenoxy) is 1. The van der Waals surface area contributed by atoms with E-state index in [1.54, 1.807) is 11.8 Å². The molecule has 0 spiro atoms. The number of aliphatic hydroxyl groups is 1. The van der Waals surface area contributed by atoms with E-state index in [1.165, 1.54) is 0 Å². The van der Waals surface area contributed by atoms with Gasteiger partial charge in [-0.1, -0.05) is 0 Å². The highest BCUT2D eigenvalue weighted by Crippen LogP contribution is 2.19. The number of rotatable bonds is 5. The Hall–Kier alpha value is -0.260. The molecule has 94 valence electrons. The van der Waals surface area contributed by atoms with Crippen molar-refractivity contribution in [2.45, 2.75) is 50.2 Å². The van der Waals surface area contributed by atoms with Crippen LogP contribution in [0.2, 0.25) is 0 Å². The van der Waals surface area contributed by atoms with Gasteiger partial charge in [0.2, 0.25) is 5.91 Å². The molecule has 1 rings (SSSR count). The number of aliphatic hydroxyl groups excluding tert-OH is 1. The Morgan fingerprint density at radius 3 is 2.75 bits per heavy atom. The third kappa shape index (κ3) is 3.64. The minimum Gasteiger partial charge on any atom is -0.395 e. The molecule has 16 heavy (non-hydrogen) atoms. The molecular formula is C11H21NO3S.